The summed E-state index contributed by atoms with van der Waals surface area (Å²) in [6, 6.07) is 11.1. The van der Waals surface area contributed by atoms with E-state index in [1.54, 1.807) is 0 Å². The molecule has 0 spiro atoms. The third-order valence-electron chi connectivity index (χ3n) is 7.17. The number of benzene rings is 1. The molecular weight excluding hydrogens is 366 g/mol. The average molecular weight is 400 g/mol. The van der Waals surface area contributed by atoms with Gasteiger partial charge < -0.3 is 10.1 Å². The summed E-state index contributed by atoms with van der Waals surface area (Å²) in [4.78, 5) is 15.4. The molecule has 1 aromatic rings. The van der Waals surface area contributed by atoms with Gasteiger partial charge in [0.05, 0.1) is 18.2 Å². The predicted octanol–water partition coefficient (Wildman–Crippen LogP) is 0.742. The second-order valence-corrected chi connectivity index (χ2v) is 9.14. The minimum Gasteiger partial charge on any atom is -0.381 e. The summed E-state index contributed by atoms with van der Waals surface area (Å²) in [5.74, 6) is 1.13. The van der Waals surface area contributed by atoms with E-state index >= 15 is 0 Å². The van der Waals surface area contributed by atoms with Gasteiger partial charge in [0.1, 0.15) is 0 Å². The fraction of sp³-hybridized carbons (Fsp3) is 0.682. The molecule has 3 N–H and O–H groups in total. The lowest BCUT2D eigenvalue weighted by atomic mass is 9.91. The van der Waals surface area contributed by atoms with E-state index < -0.39 is 0 Å². The lowest BCUT2D eigenvalue weighted by Gasteiger charge is -2.43. The van der Waals surface area contributed by atoms with Crippen LogP contribution >= 0.6 is 0 Å². The number of ether oxygens (including phenoxy) is 1. The minimum absolute atomic E-state index is 0.0220. The Kier molecular flexibility index (Phi) is 5.58. The van der Waals surface area contributed by atoms with Crippen molar-refractivity contribution < 1.29 is 9.53 Å². The van der Waals surface area contributed by atoms with Crippen LogP contribution in [0.3, 0.4) is 0 Å². The van der Waals surface area contributed by atoms with Crippen LogP contribution < -0.4 is 16.1 Å². The summed E-state index contributed by atoms with van der Waals surface area (Å²) < 4.78 is 5.53. The molecule has 1 amide bonds. The zero-order valence-corrected chi connectivity index (χ0v) is 17.2. The van der Waals surface area contributed by atoms with E-state index in [1.165, 1.54) is 5.56 Å². The van der Waals surface area contributed by atoms with Gasteiger partial charge >= 0.3 is 0 Å². The Bertz CT molecular complexity index is 710. The van der Waals surface area contributed by atoms with Crippen LogP contribution in [0, 0.1) is 17.8 Å². The maximum Gasteiger partial charge on any atom is 0.228 e. The molecule has 29 heavy (non-hydrogen) atoms. The van der Waals surface area contributed by atoms with Gasteiger partial charge in [-0.1, -0.05) is 37.3 Å². The topological polar surface area (TPSA) is 68.9 Å². The predicted molar refractivity (Wildman–Crippen MR) is 110 cm³/mol. The second-order valence-electron chi connectivity index (χ2n) is 9.14. The number of nitrogens with one attached hydrogen (secondary N) is 3. The number of hydrogen-bond acceptors (Lipinski definition) is 6. The van der Waals surface area contributed by atoms with Crippen molar-refractivity contribution in [1.82, 2.24) is 26.0 Å². The highest BCUT2D eigenvalue weighted by Crippen LogP contribution is 2.31. The van der Waals surface area contributed by atoms with Gasteiger partial charge in [-0.15, -0.1) is 0 Å². The Hall–Kier alpha value is -1.51. The highest BCUT2D eigenvalue weighted by Gasteiger charge is 2.49. The number of hydrazine groups is 1. The first-order valence-electron chi connectivity index (χ1n) is 11.1. The smallest absolute Gasteiger partial charge is 0.228 e. The molecule has 0 aromatic heterocycles. The lowest BCUT2D eigenvalue weighted by molar-refractivity contribution is -0.131. The van der Waals surface area contributed by atoms with Gasteiger partial charge in [0.2, 0.25) is 5.91 Å². The summed E-state index contributed by atoms with van der Waals surface area (Å²) in [6.45, 7) is 7.71. The fourth-order valence-corrected chi connectivity index (χ4v) is 5.58. The van der Waals surface area contributed by atoms with Crippen molar-refractivity contribution in [3.8, 4) is 0 Å². The van der Waals surface area contributed by atoms with E-state index in [9.17, 15) is 4.79 Å². The van der Waals surface area contributed by atoms with Crippen molar-refractivity contribution in [3.63, 3.8) is 0 Å². The van der Waals surface area contributed by atoms with Crippen LogP contribution in [0.15, 0.2) is 30.3 Å². The standard InChI is InChI=1S/C22H33N5O2/c1-15-12-26(13-16-5-3-2-4-6-16)14-19(15)20-24-21-18(22(28)25-20)11-23-27(21)17-7-9-29-10-8-17/h2-6,15,17-21,23-24H,7-14H2,1H3,(H,25,28)/t15-,18?,19-,20?,21?/m1/s1. The SMILES string of the molecule is C[C@@H]1CN(Cc2ccccc2)C[C@H]1C1NC(=O)C2CNN(C3CCOCC3)C2N1. The number of likely N-dealkylation sites (tertiary alicyclic amines) is 1. The highest BCUT2D eigenvalue weighted by atomic mass is 16.5. The summed E-state index contributed by atoms with van der Waals surface area (Å²) in [7, 11) is 0. The third kappa shape index (κ3) is 3.94. The second kappa shape index (κ2) is 8.32. The van der Waals surface area contributed by atoms with Gasteiger partial charge in [0, 0.05) is 51.4 Å². The summed E-state index contributed by atoms with van der Waals surface area (Å²) in [6.07, 6.45) is 2.15. The molecule has 7 nitrogen and oxygen atoms in total. The molecule has 4 aliphatic heterocycles. The molecule has 5 rings (SSSR count). The zero-order chi connectivity index (χ0) is 19.8. The van der Waals surface area contributed by atoms with E-state index in [1.807, 2.05) is 0 Å². The number of rotatable bonds is 4. The largest absolute Gasteiger partial charge is 0.381 e. The van der Waals surface area contributed by atoms with Gasteiger partial charge in [0.25, 0.3) is 0 Å². The first kappa shape index (κ1) is 19.5. The van der Waals surface area contributed by atoms with E-state index in [0.29, 0.717) is 24.4 Å². The first-order valence-corrected chi connectivity index (χ1v) is 11.1. The van der Waals surface area contributed by atoms with Gasteiger partial charge in [0.15, 0.2) is 0 Å². The minimum atomic E-state index is -0.0220. The molecule has 4 fully saturated rings. The van der Waals surface area contributed by atoms with E-state index in [2.05, 4.69) is 63.2 Å². The normalized spacial score (nSPS) is 36.9. The van der Waals surface area contributed by atoms with Crippen molar-refractivity contribution in [3.05, 3.63) is 35.9 Å². The number of nitrogens with zero attached hydrogens (tertiary/aromatic N) is 2. The van der Waals surface area contributed by atoms with Crippen LogP contribution in [0.4, 0.5) is 0 Å². The van der Waals surface area contributed by atoms with Crippen molar-refractivity contribution in [2.75, 3.05) is 32.8 Å². The summed E-state index contributed by atoms with van der Waals surface area (Å²) >= 11 is 0. The molecule has 1 aromatic carbocycles. The van der Waals surface area contributed by atoms with Crippen LogP contribution in [0.2, 0.25) is 0 Å². The van der Waals surface area contributed by atoms with Crippen LogP contribution in [-0.4, -0.2) is 67.0 Å². The van der Waals surface area contributed by atoms with Crippen molar-refractivity contribution in [2.24, 2.45) is 17.8 Å². The van der Waals surface area contributed by atoms with E-state index in [-0.39, 0.29) is 24.2 Å². The molecule has 5 atom stereocenters. The molecule has 3 unspecified atom stereocenters. The quantitative estimate of drug-likeness (QED) is 0.694. The summed E-state index contributed by atoms with van der Waals surface area (Å²) in [5.41, 5.74) is 4.86. The number of carbonyl (C=O) groups is 1. The van der Waals surface area contributed by atoms with E-state index in [4.69, 9.17) is 4.74 Å². The van der Waals surface area contributed by atoms with Crippen molar-refractivity contribution in [1.29, 1.82) is 0 Å². The van der Waals surface area contributed by atoms with Crippen molar-refractivity contribution >= 4 is 5.91 Å². The van der Waals surface area contributed by atoms with Gasteiger partial charge in [-0.25, -0.2) is 5.01 Å². The van der Waals surface area contributed by atoms with Gasteiger partial charge in [-0.3, -0.25) is 20.4 Å². The molecular formula is C22H33N5O2. The molecule has 0 saturated carbocycles. The van der Waals surface area contributed by atoms with E-state index in [0.717, 1.165) is 45.7 Å². The fourth-order valence-electron chi connectivity index (χ4n) is 5.58. The summed E-state index contributed by atoms with van der Waals surface area (Å²) in [5, 5.41) is 9.43. The number of carbonyl (C=O) groups excluding carboxylic acids is 1. The number of fused-ring (bicyclic) bond motifs is 1. The Morgan fingerprint density at radius 3 is 2.72 bits per heavy atom. The third-order valence-corrected chi connectivity index (χ3v) is 7.17. The average Bonchev–Trinajstić information content (AvgIpc) is 3.33. The van der Waals surface area contributed by atoms with Gasteiger partial charge in [-0.05, 0) is 24.3 Å². The number of amides is 1. The molecule has 7 heteroatoms. The zero-order valence-electron chi connectivity index (χ0n) is 17.2. The molecule has 4 aliphatic rings. The molecule has 158 valence electrons. The monoisotopic (exact) mass is 399 g/mol. The Morgan fingerprint density at radius 2 is 1.93 bits per heavy atom. The molecule has 4 heterocycles. The molecule has 4 saturated heterocycles. The van der Waals surface area contributed by atoms with Crippen LogP contribution in [0.25, 0.3) is 0 Å². The highest BCUT2D eigenvalue weighted by molar-refractivity contribution is 5.81. The van der Waals surface area contributed by atoms with Gasteiger partial charge in [-0.2, -0.15) is 0 Å². The lowest BCUT2D eigenvalue weighted by Crippen LogP contribution is -2.68. The Morgan fingerprint density at radius 1 is 1.14 bits per heavy atom. The van der Waals surface area contributed by atoms with Crippen LogP contribution in [-0.2, 0) is 16.1 Å². The van der Waals surface area contributed by atoms with Crippen molar-refractivity contribution in [2.45, 2.75) is 44.7 Å². The van der Waals surface area contributed by atoms with Crippen LogP contribution in [0.1, 0.15) is 25.3 Å². The Labute approximate surface area is 173 Å². The molecule has 0 radical (unpaired) electrons. The first-order chi connectivity index (χ1) is 14.2. The molecule has 0 aliphatic carbocycles. The maximum atomic E-state index is 12.9. The Balaban J connectivity index is 1.25. The maximum absolute atomic E-state index is 12.9. The number of hydrogen-bond donors (Lipinski definition) is 3. The van der Waals surface area contributed by atoms with Crippen LogP contribution in [0.5, 0.6) is 0 Å². The molecule has 0 bridgehead atoms.